The van der Waals surface area contributed by atoms with Gasteiger partial charge in [0.25, 0.3) is 0 Å². The van der Waals surface area contributed by atoms with Crippen LogP contribution in [0.1, 0.15) is 60.8 Å². The van der Waals surface area contributed by atoms with Gasteiger partial charge in [0.1, 0.15) is 0 Å². The fraction of sp³-hybridized carbons (Fsp3) is 0.571. The lowest BCUT2D eigenvalue weighted by Gasteiger charge is -2.14. The number of benzene rings is 1. The molecule has 0 radical (unpaired) electrons. The summed E-state index contributed by atoms with van der Waals surface area (Å²) in [5, 5.41) is 3.44. The van der Waals surface area contributed by atoms with Crippen molar-refractivity contribution in [1.29, 1.82) is 0 Å². The van der Waals surface area contributed by atoms with Gasteiger partial charge in [0.2, 0.25) is 0 Å². The Labute approximate surface area is 91.9 Å². The number of nitrogens with one attached hydrogen (secondary N) is 1. The van der Waals surface area contributed by atoms with E-state index >= 15 is 0 Å². The minimum atomic E-state index is 0.673. The lowest BCUT2D eigenvalue weighted by Crippen LogP contribution is -1.99. The molecule has 1 N–H and O–H groups in total. The molecule has 0 amide bonds. The van der Waals surface area contributed by atoms with Gasteiger partial charge >= 0.3 is 0 Å². The van der Waals surface area contributed by atoms with Crippen LogP contribution >= 0.6 is 0 Å². The van der Waals surface area contributed by atoms with Crippen LogP contribution in [0.3, 0.4) is 0 Å². The Morgan fingerprint density at radius 1 is 1.13 bits per heavy atom. The van der Waals surface area contributed by atoms with E-state index in [2.05, 4.69) is 31.3 Å². The second-order valence-corrected chi connectivity index (χ2v) is 5.28. The first-order valence-electron chi connectivity index (χ1n) is 6.12. The van der Waals surface area contributed by atoms with Crippen LogP contribution < -0.4 is 5.32 Å². The summed E-state index contributed by atoms with van der Waals surface area (Å²) in [4.78, 5) is 0. The van der Waals surface area contributed by atoms with E-state index in [9.17, 15) is 0 Å². The molecule has 1 aromatic rings. The molecule has 1 fully saturated rings. The topological polar surface area (TPSA) is 12.0 Å². The Balaban J connectivity index is 2.10. The van der Waals surface area contributed by atoms with E-state index in [1.807, 2.05) is 0 Å². The third-order valence-corrected chi connectivity index (χ3v) is 3.68. The number of rotatable bonds is 2. The summed E-state index contributed by atoms with van der Waals surface area (Å²) in [5.41, 5.74) is 6.32. The zero-order valence-corrected chi connectivity index (χ0v) is 9.64. The van der Waals surface area contributed by atoms with Crippen molar-refractivity contribution in [3.63, 3.8) is 0 Å². The van der Waals surface area contributed by atoms with E-state index in [1.165, 1.54) is 18.4 Å². The highest BCUT2D eigenvalue weighted by Crippen LogP contribution is 2.44. The predicted molar refractivity (Wildman–Crippen MR) is 63.0 cm³/mol. The van der Waals surface area contributed by atoms with E-state index in [0.29, 0.717) is 5.92 Å². The van der Waals surface area contributed by atoms with Gasteiger partial charge in [-0.15, -0.1) is 0 Å². The molecule has 3 rings (SSSR count). The maximum atomic E-state index is 3.44. The molecule has 0 unspecified atom stereocenters. The first kappa shape index (κ1) is 9.41. The SMILES string of the molecule is CC(C)c1cc2c(cc1C1CC1)CNC2. The molecule has 1 aliphatic carbocycles. The highest BCUT2D eigenvalue weighted by molar-refractivity contribution is 5.44. The van der Waals surface area contributed by atoms with Gasteiger partial charge in [0, 0.05) is 13.1 Å². The summed E-state index contributed by atoms with van der Waals surface area (Å²) in [6.45, 7) is 6.78. The quantitative estimate of drug-likeness (QED) is 0.774. The van der Waals surface area contributed by atoms with Crippen LogP contribution in [0.4, 0.5) is 0 Å². The van der Waals surface area contributed by atoms with Crippen LogP contribution in [0.5, 0.6) is 0 Å². The number of hydrogen-bond acceptors (Lipinski definition) is 1. The number of fused-ring (bicyclic) bond motifs is 1. The summed E-state index contributed by atoms with van der Waals surface area (Å²) in [6, 6.07) is 4.93. The van der Waals surface area contributed by atoms with Crippen molar-refractivity contribution >= 4 is 0 Å². The molecule has 0 spiro atoms. The van der Waals surface area contributed by atoms with Gasteiger partial charge in [-0.25, -0.2) is 0 Å². The molecule has 0 aromatic heterocycles. The van der Waals surface area contributed by atoms with Crippen molar-refractivity contribution in [1.82, 2.24) is 5.32 Å². The van der Waals surface area contributed by atoms with Crippen LogP contribution in [0.25, 0.3) is 0 Å². The van der Waals surface area contributed by atoms with Crippen molar-refractivity contribution in [3.8, 4) is 0 Å². The van der Waals surface area contributed by atoms with Crippen molar-refractivity contribution in [2.75, 3.05) is 0 Å². The minimum absolute atomic E-state index is 0.673. The van der Waals surface area contributed by atoms with E-state index < -0.39 is 0 Å². The minimum Gasteiger partial charge on any atom is -0.309 e. The van der Waals surface area contributed by atoms with Crippen molar-refractivity contribution in [2.45, 2.75) is 51.6 Å². The molecular weight excluding hydrogens is 182 g/mol. The summed E-state index contributed by atoms with van der Waals surface area (Å²) < 4.78 is 0. The normalized spacial score (nSPS) is 19.7. The van der Waals surface area contributed by atoms with E-state index in [4.69, 9.17) is 0 Å². The molecule has 15 heavy (non-hydrogen) atoms. The standard InChI is InChI=1S/C14H19N/c1-9(2)13-5-11-7-15-8-12(11)6-14(13)10-3-4-10/h5-6,9-10,15H,3-4,7-8H2,1-2H3. The second kappa shape index (κ2) is 3.34. The average molecular weight is 201 g/mol. The number of hydrogen-bond donors (Lipinski definition) is 1. The maximum absolute atomic E-state index is 3.44. The molecule has 1 aliphatic heterocycles. The van der Waals surface area contributed by atoms with Gasteiger partial charge < -0.3 is 5.32 Å². The van der Waals surface area contributed by atoms with E-state index in [-0.39, 0.29) is 0 Å². The highest BCUT2D eigenvalue weighted by atomic mass is 14.9. The Morgan fingerprint density at radius 2 is 1.80 bits per heavy atom. The average Bonchev–Trinajstić information content (AvgIpc) is 2.95. The van der Waals surface area contributed by atoms with Crippen molar-refractivity contribution in [2.24, 2.45) is 0 Å². The first-order valence-corrected chi connectivity index (χ1v) is 6.12. The molecule has 1 heteroatoms. The maximum Gasteiger partial charge on any atom is 0.0212 e. The molecule has 1 nitrogen and oxygen atoms in total. The summed E-state index contributed by atoms with van der Waals surface area (Å²) >= 11 is 0. The van der Waals surface area contributed by atoms with Gasteiger partial charge in [-0.1, -0.05) is 26.0 Å². The molecule has 80 valence electrons. The van der Waals surface area contributed by atoms with E-state index in [1.54, 1.807) is 16.7 Å². The molecule has 1 heterocycles. The van der Waals surface area contributed by atoms with Gasteiger partial charge in [0.15, 0.2) is 0 Å². The van der Waals surface area contributed by atoms with Crippen LogP contribution in [-0.2, 0) is 13.1 Å². The monoisotopic (exact) mass is 201 g/mol. The lowest BCUT2D eigenvalue weighted by atomic mass is 9.90. The largest absolute Gasteiger partial charge is 0.309 e. The van der Waals surface area contributed by atoms with Crippen LogP contribution in [0.15, 0.2) is 12.1 Å². The Kier molecular flexibility index (Phi) is 2.10. The smallest absolute Gasteiger partial charge is 0.0212 e. The Bertz CT molecular complexity index is 360. The molecule has 0 atom stereocenters. The van der Waals surface area contributed by atoms with Crippen molar-refractivity contribution in [3.05, 3.63) is 34.4 Å². The lowest BCUT2D eigenvalue weighted by molar-refractivity contribution is 0.764. The fourth-order valence-corrected chi connectivity index (χ4v) is 2.64. The van der Waals surface area contributed by atoms with Crippen LogP contribution in [0, 0.1) is 0 Å². The summed E-state index contributed by atoms with van der Waals surface area (Å²) in [6.07, 6.45) is 2.82. The highest BCUT2D eigenvalue weighted by Gasteiger charge is 2.28. The Morgan fingerprint density at radius 3 is 2.40 bits per heavy atom. The molecule has 2 aliphatic rings. The molecule has 0 saturated heterocycles. The first-order chi connectivity index (χ1) is 7.25. The van der Waals surface area contributed by atoms with Gasteiger partial charge in [-0.2, -0.15) is 0 Å². The third-order valence-electron chi connectivity index (χ3n) is 3.68. The summed E-state index contributed by atoms with van der Waals surface area (Å²) in [5.74, 6) is 1.56. The van der Waals surface area contributed by atoms with Gasteiger partial charge in [0.05, 0.1) is 0 Å². The van der Waals surface area contributed by atoms with Gasteiger partial charge in [-0.05, 0) is 46.9 Å². The fourth-order valence-electron chi connectivity index (χ4n) is 2.64. The Hall–Kier alpha value is -0.820. The van der Waals surface area contributed by atoms with Crippen molar-refractivity contribution < 1.29 is 0 Å². The second-order valence-electron chi connectivity index (χ2n) is 5.28. The zero-order chi connectivity index (χ0) is 10.4. The zero-order valence-electron chi connectivity index (χ0n) is 9.64. The molecule has 1 aromatic carbocycles. The van der Waals surface area contributed by atoms with Gasteiger partial charge in [-0.3, -0.25) is 0 Å². The third kappa shape index (κ3) is 1.59. The molecule has 0 bridgehead atoms. The summed E-state index contributed by atoms with van der Waals surface area (Å²) in [7, 11) is 0. The van der Waals surface area contributed by atoms with Crippen LogP contribution in [-0.4, -0.2) is 0 Å². The van der Waals surface area contributed by atoms with E-state index in [0.717, 1.165) is 19.0 Å². The van der Waals surface area contributed by atoms with Crippen LogP contribution in [0.2, 0.25) is 0 Å². The predicted octanol–water partition coefficient (Wildman–Crippen LogP) is 3.29. The molecular formula is C14H19N. The molecule has 1 saturated carbocycles.